The molecular weight excluding hydrogens is 272 g/mol. The Labute approximate surface area is 122 Å². The number of benzene rings is 1. The zero-order chi connectivity index (χ0) is 15.0. The molecule has 4 nitrogen and oxygen atoms in total. The van der Waals surface area contributed by atoms with E-state index < -0.39 is 10.0 Å². The predicted octanol–water partition coefficient (Wildman–Crippen LogP) is 1.93. The van der Waals surface area contributed by atoms with Crippen LogP contribution in [-0.4, -0.2) is 27.5 Å². The van der Waals surface area contributed by atoms with Crippen LogP contribution >= 0.6 is 0 Å². The van der Waals surface area contributed by atoms with Gasteiger partial charge in [0.2, 0.25) is 10.0 Å². The van der Waals surface area contributed by atoms with Gasteiger partial charge in [0.1, 0.15) is 0 Å². The van der Waals surface area contributed by atoms with Gasteiger partial charge < -0.3 is 5.32 Å². The molecule has 1 aliphatic heterocycles. The highest BCUT2D eigenvalue weighted by Gasteiger charge is 2.25. The largest absolute Gasteiger partial charge is 0.315 e. The van der Waals surface area contributed by atoms with E-state index in [1.165, 1.54) is 0 Å². The summed E-state index contributed by atoms with van der Waals surface area (Å²) in [5, 5.41) is 3.17. The van der Waals surface area contributed by atoms with Gasteiger partial charge in [-0.2, -0.15) is 0 Å². The molecule has 1 aliphatic rings. The van der Waals surface area contributed by atoms with Crippen LogP contribution in [0.3, 0.4) is 0 Å². The van der Waals surface area contributed by atoms with E-state index in [1.807, 2.05) is 19.1 Å². The monoisotopic (exact) mass is 296 g/mol. The highest BCUT2D eigenvalue weighted by Crippen LogP contribution is 2.26. The fourth-order valence-electron chi connectivity index (χ4n) is 2.39. The van der Waals surface area contributed by atoms with Gasteiger partial charge in [-0.25, -0.2) is 13.1 Å². The minimum atomic E-state index is -3.45. The molecule has 112 valence electrons. The maximum Gasteiger partial charge on any atom is 0.241 e. The molecule has 1 heterocycles. The molecule has 0 amide bonds. The summed E-state index contributed by atoms with van der Waals surface area (Å²) in [6.45, 7) is 9.67. The summed E-state index contributed by atoms with van der Waals surface area (Å²) in [5.74, 6) is 0. The van der Waals surface area contributed by atoms with E-state index in [1.54, 1.807) is 6.07 Å². The molecular formula is C15H24N2O2S. The Hall–Kier alpha value is -0.910. The lowest BCUT2D eigenvalue weighted by atomic mass is 9.87. The maximum atomic E-state index is 12.5. The molecule has 1 saturated heterocycles. The van der Waals surface area contributed by atoms with Crippen molar-refractivity contribution in [3.63, 3.8) is 0 Å². The number of rotatable bonds is 3. The summed E-state index contributed by atoms with van der Waals surface area (Å²) in [6.07, 6.45) is 0.844. The fourth-order valence-corrected chi connectivity index (χ4v) is 3.94. The topological polar surface area (TPSA) is 58.2 Å². The van der Waals surface area contributed by atoms with Gasteiger partial charge in [-0.15, -0.1) is 0 Å². The van der Waals surface area contributed by atoms with Crippen LogP contribution in [0.1, 0.15) is 38.3 Å². The minimum absolute atomic E-state index is 0.00214. The number of hydrogen-bond acceptors (Lipinski definition) is 3. The van der Waals surface area contributed by atoms with Crippen LogP contribution in [0.4, 0.5) is 0 Å². The summed E-state index contributed by atoms with van der Waals surface area (Å²) in [4.78, 5) is 0.400. The number of aryl methyl sites for hydroxylation is 1. The van der Waals surface area contributed by atoms with Crippen LogP contribution in [0.15, 0.2) is 23.1 Å². The molecule has 20 heavy (non-hydrogen) atoms. The standard InChI is InChI=1S/C15H24N2O2S/c1-11-5-6-12(15(2,3)4)9-14(11)20(18,19)17-13-7-8-16-10-13/h5-6,9,13,16-17H,7-8,10H2,1-4H3. The second-order valence-corrected chi connectivity index (χ2v) is 8.22. The van der Waals surface area contributed by atoms with Gasteiger partial charge in [0, 0.05) is 12.6 Å². The van der Waals surface area contributed by atoms with Gasteiger partial charge in [0.05, 0.1) is 4.90 Å². The van der Waals surface area contributed by atoms with Crippen molar-refractivity contribution >= 4 is 10.0 Å². The average molecular weight is 296 g/mol. The lowest BCUT2D eigenvalue weighted by Crippen LogP contribution is -2.36. The van der Waals surface area contributed by atoms with Crippen molar-refractivity contribution in [1.29, 1.82) is 0 Å². The van der Waals surface area contributed by atoms with Crippen LogP contribution in [-0.2, 0) is 15.4 Å². The lowest BCUT2D eigenvalue weighted by Gasteiger charge is -2.21. The van der Waals surface area contributed by atoms with E-state index >= 15 is 0 Å². The van der Waals surface area contributed by atoms with E-state index in [2.05, 4.69) is 30.8 Å². The molecule has 2 N–H and O–H groups in total. The highest BCUT2D eigenvalue weighted by molar-refractivity contribution is 7.89. The molecule has 5 heteroatoms. The highest BCUT2D eigenvalue weighted by atomic mass is 32.2. The summed E-state index contributed by atoms with van der Waals surface area (Å²) < 4.78 is 27.9. The first-order valence-electron chi connectivity index (χ1n) is 7.04. The smallest absolute Gasteiger partial charge is 0.241 e. The lowest BCUT2D eigenvalue weighted by molar-refractivity contribution is 0.557. The third kappa shape index (κ3) is 3.40. The van der Waals surface area contributed by atoms with Crippen LogP contribution in [0, 0.1) is 6.92 Å². The molecule has 0 radical (unpaired) electrons. The summed E-state index contributed by atoms with van der Waals surface area (Å²) >= 11 is 0. The molecule has 0 spiro atoms. The van der Waals surface area contributed by atoms with Crippen molar-refractivity contribution in [3.8, 4) is 0 Å². The Morgan fingerprint density at radius 2 is 2.00 bits per heavy atom. The maximum absolute atomic E-state index is 12.5. The van der Waals surface area contributed by atoms with Gasteiger partial charge in [0.15, 0.2) is 0 Å². The third-order valence-electron chi connectivity index (χ3n) is 3.73. The quantitative estimate of drug-likeness (QED) is 0.896. The second kappa shape index (κ2) is 5.47. The Kier molecular flexibility index (Phi) is 4.23. The van der Waals surface area contributed by atoms with E-state index in [0.29, 0.717) is 11.4 Å². The SMILES string of the molecule is Cc1ccc(C(C)(C)C)cc1S(=O)(=O)NC1CCNC1. The van der Waals surface area contributed by atoms with Crippen molar-refractivity contribution in [3.05, 3.63) is 29.3 Å². The number of hydrogen-bond donors (Lipinski definition) is 2. The third-order valence-corrected chi connectivity index (χ3v) is 5.39. The van der Waals surface area contributed by atoms with Gasteiger partial charge in [-0.1, -0.05) is 32.9 Å². The first-order chi connectivity index (χ1) is 9.20. The van der Waals surface area contributed by atoms with Crippen molar-refractivity contribution in [2.75, 3.05) is 13.1 Å². The van der Waals surface area contributed by atoms with Gasteiger partial charge >= 0.3 is 0 Å². The molecule has 1 atom stereocenters. The zero-order valence-electron chi connectivity index (χ0n) is 12.7. The predicted molar refractivity (Wildman–Crippen MR) is 81.5 cm³/mol. The molecule has 1 aromatic carbocycles. The summed E-state index contributed by atoms with van der Waals surface area (Å²) in [5.41, 5.74) is 1.76. The average Bonchev–Trinajstić information content (AvgIpc) is 2.79. The van der Waals surface area contributed by atoms with Gasteiger partial charge in [0.25, 0.3) is 0 Å². The Balaban J connectivity index is 2.35. The molecule has 1 aromatic rings. The zero-order valence-corrected chi connectivity index (χ0v) is 13.5. The number of nitrogens with one attached hydrogen (secondary N) is 2. The van der Waals surface area contributed by atoms with E-state index in [4.69, 9.17) is 0 Å². The Bertz CT molecular complexity index is 582. The Morgan fingerprint density at radius 3 is 2.55 bits per heavy atom. The molecule has 0 bridgehead atoms. The van der Waals surface area contributed by atoms with Crippen molar-refractivity contribution in [2.45, 2.75) is 50.5 Å². The first-order valence-corrected chi connectivity index (χ1v) is 8.53. The molecule has 0 aliphatic carbocycles. The van der Waals surface area contributed by atoms with E-state index in [0.717, 1.165) is 24.1 Å². The second-order valence-electron chi connectivity index (χ2n) is 6.54. The van der Waals surface area contributed by atoms with Crippen LogP contribution < -0.4 is 10.0 Å². The number of sulfonamides is 1. The fraction of sp³-hybridized carbons (Fsp3) is 0.600. The molecule has 0 aromatic heterocycles. The van der Waals surface area contributed by atoms with E-state index in [9.17, 15) is 8.42 Å². The van der Waals surface area contributed by atoms with Crippen LogP contribution in [0.5, 0.6) is 0 Å². The van der Waals surface area contributed by atoms with Gasteiger partial charge in [-0.3, -0.25) is 0 Å². The van der Waals surface area contributed by atoms with Crippen molar-refractivity contribution in [1.82, 2.24) is 10.0 Å². The van der Waals surface area contributed by atoms with Crippen molar-refractivity contribution in [2.24, 2.45) is 0 Å². The van der Waals surface area contributed by atoms with Gasteiger partial charge in [-0.05, 0) is 42.5 Å². The van der Waals surface area contributed by atoms with Crippen LogP contribution in [0.25, 0.3) is 0 Å². The minimum Gasteiger partial charge on any atom is -0.315 e. The first kappa shape index (κ1) is 15.5. The Morgan fingerprint density at radius 1 is 1.30 bits per heavy atom. The molecule has 2 rings (SSSR count). The summed E-state index contributed by atoms with van der Waals surface area (Å²) in [7, 11) is -3.45. The van der Waals surface area contributed by atoms with E-state index in [-0.39, 0.29) is 11.5 Å². The molecule has 1 fully saturated rings. The van der Waals surface area contributed by atoms with Crippen molar-refractivity contribution < 1.29 is 8.42 Å². The summed E-state index contributed by atoms with van der Waals surface area (Å²) in [6, 6.07) is 5.70. The van der Waals surface area contributed by atoms with Crippen LogP contribution in [0.2, 0.25) is 0 Å². The molecule has 1 unspecified atom stereocenters. The molecule has 0 saturated carbocycles. The normalized spacial score (nSPS) is 20.3.